The van der Waals surface area contributed by atoms with Crippen LogP contribution in [0.4, 0.5) is 9.18 Å². The Morgan fingerprint density at radius 1 is 1.05 bits per heavy atom. The zero-order chi connectivity index (χ0) is 27.3. The Hall–Kier alpha value is -4.44. The molecule has 39 heavy (non-hydrogen) atoms. The summed E-state index contributed by atoms with van der Waals surface area (Å²) < 4.78 is 18.8. The molecule has 0 saturated carbocycles. The summed E-state index contributed by atoms with van der Waals surface area (Å²) in [4.78, 5) is 37.0. The van der Waals surface area contributed by atoms with Crippen LogP contribution in [0, 0.1) is 12.7 Å². The maximum Gasteiger partial charge on any atom is 0.328 e. The van der Waals surface area contributed by atoms with Crippen molar-refractivity contribution in [1.29, 1.82) is 0 Å². The van der Waals surface area contributed by atoms with Crippen LogP contribution in [-0.2, 0) is 6.54 Å². The molecule has 2 amide bonds. The third kappa shape index (κ3) is 4.46. The van der Waals surface area contributed by atoms with Crippen LogP contribution in [0.5, 0.6) is 0 Å². The highest BCUT2D eigenvalue weighted by atomic mass is 32.2. The standard InChI is InChI=1S/C29H25FN6O2S/c1-18-32-25-13-31-11-10-26(25)34(18)14-19-15-36(39-17-19)28(37)24-16-35(29(38)33(2)3)27-12-21(6-9-23(24)27)20-4-7-22(30)8-5-20/h4-13,16-17H,14-15H2,1-3H3. The molecule has 6 rings (SSSR count). The van der Waals surface area contributed by atoms with Gasteiger partial charge in [0.05, 0.1) is 29.3 Å². The van der Waals surface area contributed by atoms with Gasteiger partial charge in [0, 0.05) is 38.4 Å². The number of fused-ring (bicyclic) bond motifs is 2. The number of hydrogen-bond donors (Lipinski definition) is 0. The molecule has 0 saturated heterocycles. The highest BCUT2D eigenvalue weighted by Gasteiger charge is 2.27. The summed E-state index contributed by atoms with van der Waals surface area (Å²) in [6, 6.07) is 13.5. The molecule has 0 atom stereocenters. The van der Waals surface area contributed by atoms with Crippen LogP contribution in [0.2, 0.25) is 0 Å². The van der Waals surface area contributed by atoms with Crippen LogP contribution in [0.15, 0.2) is 78.1 Å². The molecule has 10 heteroatoms. The predicted molar refractivity (Wildman–Crippen MR) is 151 cm³/mol. The van der Waals surface area contributed by atoms with Crippen molar-refractivity contribution in [3.63, 3.8) is 0 Å². The van der Waals surface area contributed by atoms with Crippen LogP contribution >= 0.6 is 11.9 Å². The van der Waals surface area contributed by atoms with Gasteiger partial charge in [-0.2, -0.15) is 0 Å². The largest absolute Gasteiger partial charge is 0.330 e. The zero-order valence-corrected chi connectivity index (χ0v) is 22.4. The molecule has 8 nitrogen and oxygen atoms in total. The molecular formula is C29H25FN6O2S. The monoisotopic (exact) mass is 540 g/mol. The van der Waals surface area contributed by atoms with Gasteiger partial charge in [-0.1, -0.05) is 24.3 Å². The van der Waals surface area contributed by atoms with Crippen LogP contribution in [0.1, 0.15) is 16.2 Å². The highest BCUT2D eigenvalue weighted by Crippen LogP contribution is 2.33. The van der Waals surface area contributed by atoms with Gasteiger partial charge < -0.3 is 9.47 Å². The molecule has 4 heterocycles. The normalized spacial score (nSPS) is 13.3. The fourth-order valence-electron chi connectivity index (χ4n) is 4.84. The van der Waals surface area contributed by atoms with E-state index in [0.717, 1.165) is 33.6 Å². The molecule has 0 radical (unpaired) electrons. The van der Waals surface area contributed by atoms with Crippen molar-refractivity contribution in [3.8, 4) is 11.1 Å². The summed E-state index contributed by atoms with van der Waals surface area (Å²) in [7, 11) is 3.34. The summed E-state index contributed by atoms with van der Waals surface area (Å²) in [5.41, 5.74) is 5.63. The van der Waals surface area contributed by atoms with E-state index in [2.05, 4.69) is 14.5 Å². The van der Waals surface area contributed by atoms with E-state index in [4.69, 9.17) is 0 Å². The minimum atomic E-state index is -0.316. The van der Waals surface area contributed by atoms with Gasteiger partial charge in [-0.05, 0) is 65.2 Å². The van der Waals surface area contributed by atoms with Gasteiger partial charge in [-0.15, -0.1) is 0 Å². The summed E-state index contributed by atoms with van der Waals surface area (Å²) in [6.07, 6.45) is 5.11. The first kappa shape index (κ1) is 24.9. The lowest BCUT2D eigenvalue weighted by Crippen LogP contribution is -2.27. The molecule has 0 spiro atoms. The summed E-state index contributed by atoms with van der Waals surface area (Å²) in [5.74, 6) is 0.395. The van der Waals surface area contributed by atoms with Crippen LogP contribution < -0.4 is 0 Å². The number of aryl methyl sites for hydroxylation is 1. The van der Waals surface area contributed by atoms with Crippen LogP contribution in [0.25, 0.3) is 33.1 Å². The van der Waals surface area contributed by atoms with Gasteiger partial charge in [0.2, 0.25) is 0 Å². The minimum Gasteiger partial charge on any atom is -0.330 e. The second-order valence-corrected chi connectivity index (χ2v) is 10.5. The number of nitrogens with zero attached hydrogens (tertiary/aromatic N) is 6. The molecule has 0 fully saturated rings. The van der Waals surface area contributed by atoms with Crippen LogP contribution in [0.3, 0.4) is 0 Å². The van der Waals surface area contributed by atoms with Crippen molar-refractivity contribution in [2.24, 2.45) is 0 Å². The number of carbonyl (C=O) groups excluding carboxylic acids is 2. The van der Waals surface area contributed by atoms with E-state index in [0.29, 0.717) is 29.6 Å². The molecule has 0 bridgehead atoms. The Bertz CT molecular complexity index is 1790. The minimum absolute atomic E-state index is 0.174. The Balaban J connectivity index is 1.30. The number of benzene rings is 2. The van der Waals surface area contributed by atoms with E-state index in [1.54, 1.807) is 49.1 Å². The lowest BCUT2D eigenvalue weighted by atomic mass is 10.0. The number of imidazole rings is 1. The molecule has 1 aliphatic heterocycles. The lowest BCUT2D eigenvalue weighted by molar-refractivity contribution is 0.0883. The molecule has 196 valence electrons. The third-order valence-electron chi connectivity index (χ3n) is 6.82. The van der Waals surface area contributed by atoms with Gasteiger partial charge in [-0.25, -0.2) is 14.2 Å². The highest BCUT2D eigenvalue weighted by molar-refractivity contribution is 8.00. The number of pyridine rings is 1. The van der Waals surface area contributed by atoms with E-state index in [1.807, 2.05) is 36.6 Å². The topological polar surface area (TPSA) is 76.3 Å². The van der Waals surface area contributed by atoms with Gasteiger partial charge in [0.1, 0.15) is 17.2 Å². The van der Waals surface area contributed by atoms with E-state index in [1.165, 1.54) is 33.5 Å². The molecule has 0 unspecified atom stereocenters. The third-order valence-corrected chi connectivity index (χ3v) is 7.81. The van der Waals surface area contributed by atoms with Crippen molar-refractivity contribution in [2.45, 2.75) is 13.5 Å². The number of hydrogen-bond acceptors (Lipinski definition) is 5. The second kappa shape index (κ2) is 9.70. The predicted octanol–water partition coefficient (Wildman–Crippen LogP) is 5.72. The maximum atomic E-state index is 13.8. The lowest BCUT2D eigenvalue weighted by Gasteiger charge is -2.15. The molecule has 0 N–H and O–H groups in total. The first-order chi connectivity index (χ1) is 18.8. The Kier molecular flexibility index (Phi) is 6.19. The van der Waals surface area contributed by atoms with E-state index in [-0.39, 0.29) is 17.8 Å². The van der Waals surface area contributed by atoms with Crippen molar-refractivity contribution in [2.75, 3.05) is 20.6 Å². The number of carbonyl (C=O) groups is 2. The Morgan fingerprint density at radius 3 is 2.59 bits per heavy atom. The average molecular weight is 541 g/mol. The zero-order valence-electron chi connectivity index (χ0n) is 21.6. The molecule has 1 aliphatic rings. The van der Waals surface area contributed by atoms with Gasteiger partial charge in [0.15, 0.2) is 0 Å². The van der Waals surface area contributed by atoms with Gasteiger partial charge >= 0.3 is 6.03 Å². The van der Waals surface area contributed by atoms with Crippen molar-refractivity contribution in [1.82, 2.24) is 28.3 Å². The second-order valence-electron chi connectivity index (χ2n) is 9.66. The molecule has 3 aromatic heterocycles. The number of rotatable bonds is 4. The first-order valence-electron chi connectivity index (χ1n) is 12.4. The number of aromatic nitrogens is 4. The summed E-state index contributed by atoms with van der Waals surface area (Å²) in [6.45, 7) is 3.03. The molecule has 2 aromatic carbocycles. The fourth-order valence-corrected chi connectivity index (χ4v) is 5.70. The SMILES string of the molecule is Cc1nc2cnccc2n1CC1=CSN(C(=O)c2cn(C(=O)N(C)C)c3cc(-c4ccc(F)cc4)ccc23)C1. The van der Waals surface area contributed by atoms with E-state index >= 15 is 0 Å². The van der Waals surface area contributed by atoms with E-state index in [9.17, 15) is 14.0 Å². The molecule has 5 aromatic rings. The Morgan fingerprint density at radius 2 is 1.82 bits per heavy atom. The quantitative estimate of drug-likeness (QED) is 0.273. The van der Waals surface area contributed by atoms with E-state index < -0.39 is 0 Å². The molecule has 0 aliphatic carbocycles. The van der Waals surface area contributed by atoms with Crippen LogP contribution in [-0.4, -0.2) is 60.9 Å². The van der Waals surface area contributed by atoms with Gasteiger partial charge in [-0.3, -0.25) is 18.7 Å². The molecular weight excluding hydrogens is 515 g/mol. The Labute approximate surface area is 228 Å². The first-order valence-corrected chi connectivity index (χ1v) is 13.2. The summed E-state index contributed by atoms with van der Waals surface area (Å²) >= 11 is 1.36. The van der Waals surface area contributed by atoms with Crippen molar-refractivity contribution < 1.29 is 14.0 Å². The average Bonchev–Trinajstić information content (AvgIpc) is 3.64. The number of halogens is 1. The van der Waals surface area contributed by atoms with Crippen molar-refractivity contribution in [3.05, 3.63) is 95.3 Å². The summed E-state index contributed by atoms with van der Waals surface area (Å²) in [5, 5.41) is 2.68. The smallest absolute Gasteiger partial charge is 0.328 e. The number of amides is 2. The van der Waals surface area contributed by atoms with Crippen molar-refractivity contribution >= 4 is 45.8 Å². The maximum absolute atomic E-state index is 13.8. The fraction of sp³-hybridized carbons (Fsp3) is 0.172. The van der Waals surface area contributed by atoms with Gasteiger partial charge in [0.25, 0.3) is 5.91 Å².